The summed E-state index contributed by atoms with van der Waals surface area (Å²) in [6.45, 7) is 4.90. The summed E-state index contributed by atoms with van der Waals surface area (Å²) in [5.74, 6) is -0.0507. The number of esters is 1. The Balaban J connectivity index is 3.33. The third-order valence-electron chi connectivity index (χ3n) is 16.2. The molecule has 0 aliphatic rings. The van der Waals surface area contributed by atoms with Gasteiger partial charge in [-0.3, -0.25) is 9.59 Å². The smallest absolute Gasteiger partial charge is 0.305 e. The van der Waals surface area contributed by atoms with Crippen molar-refractivity contribution in [3.63, 3.8) is 0 Å². The quantitative estimate of drug-likeness (QED) is 0.0320. The molecule has 0 saturated heterocycles. The van der Waals surface area contributed by atoms with Gasteiger partial charge in [-0.2, -0.15) is 0 Å². The van der Waals surface area contributed by atoms with Gasteiger partial charge in [0.2, 0.25) is 5.91 Å². The topological polar surface area (TPSA) is 95.9 Å². The number of unbranched alkanes of at least 4 members (excludes halogenated alkanes) is 50. The molecule has 77 heavy (non-hydrogen) atoms. The maximum absolute atomic E-state index is 12.5. The van der Waals surface area contributed by atoms with Gasteiger partial charge in [0.05, 0.1) is 25.4 Å². The number of rotatable bonds is 65. The number of hydrogen-bond acceptors (Lipinski definition) is 5. The SMILES string of the molecule is CCCCC/C=C\C/C=C\CCCCCCCCCC(=O)OCCCCCCCCCCCCCCCCCCCCCCCCCCCCCCCCC(=O)NC(CO)C(O)/C=C/CCCCCCCCCCCCC. The molecule has 0 aromatic rings. The third-order valence-corrected chi connectivity index (χ3v) is 16.2. The van der Waals surface area contributed by atoms with E-state index in [2.05, 4.69) is 43.5 Å². The van der Waals surface area contributed by atoms with Crippen LogP contribution < -0.4 is 5.32 Å². The van der Waals surface area contributed by atoms with Crippen LogP contribution in [0.25, 0.3) is 0 Å². The number of aliphatic hydroxyl groups is 2. The van der Waals surface area contributed by atoms with Gasteiger partial charge in [-0.15, -0.1) is 0 Å². The van der Waals surface area contributed by atoms with E-state index in [0.29, 0.717) is 19.4 Å². The average Bonchev–Trinajstić information content (AvgIpc) is 3.43. The molecule has 6 heteroatoms. The van der Waals surface area contributed by atoms with Gasteiger partial charge in [0.1, 0.15) is 0 Å². The Morgan fingerprint density at radius 3 is 1.01 bits per heavy atom. The van der Waals surface area contributed by atoms with Crippen LogP contribution in [0.3, 0.4) is 0 Å². The molecule has 0 aliphatic carbocycles. The van der Waals surface area contributed by atoms with Crippen LogP contribution in [-0.2, 0) is 14.3 Å². The molecule has 2 unspecified atom stereocenters. The molecule has 0 aromatic heterocycles. The number of amides is 1. The summed E-state index contributed by atoms with van der Waals surface area (Å²) in [4.78, 5) is 24.6. The van der Waals surface area contributed by atoms with Crippen molar-refractivity contribution in [1.82, 2.24) is 5.32 Å². The molecule has 6 nitrogen and oxygen atoms in total. The van der Waals surface area contributed by atoms with Crippen molar-refractivity contribution < 1.29 is 24.5 Å². The highest BCUT2D eigenvalue weighted by molar-refractivity contribution is 5.76. The fourth-order valence-electron chi connectivity index (χ4n) is 10.8. The second-order valence-electron chi connectivity index (χ2n) is 23.9. The molecular weight excluding hydrogens is 947 g/mol. The van der Waals surface area contributed by atoms with Crippen LogP contribution in [0, 0.1) is 0 Å². The molecule has 1 amide bonds. The maximum Gasteiger partial charge on any atom is 0.305 e. The third kappa shape index (κ3) is 63.1. The van der Waals surface area contributed by atoms with Crippen molar-refractivity contribution in [2.45, 2.75) is 392 Å². The van der Waals surface area contributed by atoms with Gasteiger partial charge in [-0.1, -0.05) is 339 Å². The summed E-state index contributed by atoms with van der Waals surface area (Å²) in [6.07, 6.45) is 85.1. The van der Waals surface area contributed by atoms with Crippen LogP contribution in [0.4, 0.5) is 0 Å². The number of carbonyl (C=O) groups is 2. The number of allylic oxidation sites excluding steroid dienone is 5. The second-order valence-corrected chi connectivity index (χ2v) is 23.9. The molecule has 0 saturated carbocycles. The van der Waals surface area contributed by atoms with E-state index < -0.39 is 12.1 Å². The van der Waals surface area contributed by atoms with Crippen molar-refractivity contribution in [2.24, 2.45) is 0 Å². The summed E-state index contributed by atoms with van der Waals surface area (Å²) >= 11 is 0. The van der Waals surface area contributed by atoms with Gasteiger partial charge < -0.3 is 20.3 Å². The van der Waals surface area contributed by atoms with E-state index in [-0.39, 0.29) is 18.5 Å². The highest BCUT2D eigenvalue weighted by Crippen LogP contribution is 2.19. The highest BCUT2D eigenvalue weighted by Gasteiger charge is 2.18. The van der Waals surface area contributed by atoms with Gasteiger partial charge in [-0.05, 0) is 64.2 Å². The monoisotopic (exact) mass is 1080 g/mol. The molecule has 0 spiro atoms. The van der Waals surface area contributed by atoms with Crippen LogP contribution >= 0.6 is 0 Å². The van der Waals surface area contributed by atoms with Crippen molar-refractivity contribution in [1.29, 1.82) is 0 Å². The first-order chi connectivity index (χ1) is 38.0. The molecule has 0 bridgehead atoms. The standard InChI is InChI=1S/C71H135NO5/c1-3-5-7-9-11-13-15-17-18-33-37-41-45-49-53-57-61-65-71(76)77-66-62-58-54-50-46-42-38-35-32-30-28-26-24-22-20-19-21-23-25-27-29-31-34-36-40-44-48-52-56-60-64-70(75)72-68(67-73)69(74)63-59-55-51-47-43-39-16-14-12-10-8-6-4-2/h11,13,17-18,59,63,68-69,73-74H,3-10,12,14-16,19-58,60-62,64-67H2,1-2H3,(H,72,75)/b13-11-,18-17-,63-59+. The van der Waals surface area contributed by atoms with Gasteiger partial charge >= 0.3 is 5.97 Å². The largest absolute Gasteiger partial charge is 0.466 e. The molecule has 0 aromatic carbocycles. The van der Waals surface area contributed by atoms with Crippen molar-refractivity contribution in [3.8, 4) is 0 Å². The average molecular weight is 1080 g/mol. The molecule has 0 radical (unpaired) electrons. The van der Waals surface area contributed by atoms with Crippen LogP contribution in [0.15, 0.2) is 36.5 Å². The zero-order valence-corrected chi connectivity index (χ0v) is 52.0. The molecule has 0 aliphatic heterocycles. The Morgan fingerprint density at radius 1 is 0.364 bits per heavy atom. The molecule has 0 fully saturated rings. The first kappa shape index (κ1) is 75.1. The van der Waals surface area contributed by atoms with Crippen LogP contribution in [-0.4, -0.2) is 47.4 Å². The lowest BCUT2D eigenvalue weighted by molar-refractivity contribution is -0.143. The highest BCUT2D eigenvalue weighted by atomic mass is 16.5. The Hall–Kier alpha value is -1.92. The maximum atomic E-state index is 12.5. The van der Waals surface area contributed by atoms with Gasteiger partial charge in [0.15, 0.2) is 0 Å². The van der Waals surface area contributed by atoms with Crippen LogP contribution in [0.5, 0.6) is 0 Å². The Labute approximate surface area is 481 Å². The van der Waals surface area contributed by atoms with E-state index in [1.54, 1.807) is 6.08 Å². The van der Waals surface area contributed by atoms with Gasteiger partial charge in [0.25, 0.3) is 0 Å². The van der Waals surface area contributed by atoms with Crippen LogP contribution in [0.1, 0.15) is 380 Å². The second kappa shape index (κ2) is 66.6. The first-order valence-electron chi connectivity index (χ1n) is 34.8. The van der Waals surface area contributed by atoms with E-state index in [1.165, 1.54) is 302 Å². The molecule has 0 rings (SSSR count). The Morgan fingerprint density at radius 2 is 0.649 bits per heavy atom. The van der Waals surface area contributed by atoms with Gasteiger partial charge in [0, 0.05) is 12.8 Å². The summed E-state index contributed by atoms with van der Waals surface area (Å²) < 4.78 is 5.50. The lowest BCUT2D eigenvalue weighted by atomic mass is 10.0. The summed E-state index contributed by atoms with van der Waals surface area (Å²) in [6, 6.07) is -0.624. The number of nitrogens with one attached hydrogen (secondary N) is 1. The summed E-state index contributed by atoms with van der Waals surface area (Å²) in [7, 11) is 0. The Kier molecular flexibility index (Phi) is 64.9. The minimum Gasteiger partial charge on any atom is -0.466 e. The number of aliphatic hydroxyl groups excluding tert-OH is 2. The number of carbonyl (C=O) groups excluding carboxylic acids is 2. The molecular formula is C71H135NO5. The zero-order chi connectivity index (χ0) is 55.7. The van der Waals surface area contributed by atoms with E-state index in [4.69, 9.17) is 4.74 Å². The predicted octanol–water partition coefficient (Wildman–Crippen LogP) is 22.3. The van der Waals surface area contributed by atoms with E-state index in [1.807, 2.05) is 6.08 Å². The summed E-state index contributed by atoms with van der Waals surface area (Å²) in [5.41, 5.74) is 0. The fraction of sp³-hybridized carbons (Fsp3) is 0.887. The molecule has 3 N–H and O–H groups in total. The first-order valence-corrected chi connectivity index (χ1v) is 34.8. The normalized spacial score (nSPS) is 12.7. The van der Waals surface area contributed by atoms with E-state index in [0.717, 1.165) is 51.4 Å². The van der Waals surface area contributed by atoms with Crippen LogP contribution in [0.2, 0.25) is 0 Å². The predicted molar refractivity (Wildman–Crippen MR) is 338 cm³/mol. The molecule has 2 atom stereocenters. The lowest BCUT2D eigenvalue weighted by Gasteiger charge is -2.20. The van der Waals surface area contributed by atoms with Gasteiger partial charge in [-0.25, -0.2) is 0 Å². The fourth-order valence-corrected chi connectivity index (χ4v) is 10.8. The lowest BCUT2D eigenvalue weighted by Crippen LogP contribution is -2.45. The summed E-state index contributed by atoms with van der Waals surface area (Å²) in [5, 5.41) is 23.1. The minimum absolute atomic E-state index is 0.0123. The number of hydrogen-bond donors (Lipinski definition) is 3. The molecule has 454 valence electrons. The Bertz CT molecular complexity index is 1250. The van der Waals surface area contributed by atoms with Crippen molar-refractivity contribution >= 4 is 11.9 Å². The van der Waals surface area contributed by atoms with Crippen molar-refractivity contribution in [2.75, 3.05) is 13.2 Å². The number of ether oxygens (including phenoxy) is 1. The van der Waals surface area contributed by atoms with E-state index in [9.17, 15) is 19.8 Å². The minimum atomic E-state index is -0.841. The van der Waals surface area contributed by atoms with Crippen molar-refractivity contribution in [3.05, 3.63) is 36.5 Å². The molecule has 0 heterocycles. The van der Waals surface area contributed by atoms with E-state index >= 15 is 0 Å². The zero-order valence-electron chi connectivity index (χ0n) is 52.0.